The summed E-state index contributed by atoms with van der Waals surface area (Å²) in [4.78, 5) is 35.6. The van der Waals surface area contributed by atoms with E-state index in [-0.39, 0.29) is 34.1 Å². The Hall–Kier alpha value is -1.08. The molecule has 0 bridgehead atoms. The summed E-state index contributed by atoms with van der Waals surface area (Å²) in [6.07, 6.45) is 0. The molecule has 0 unspecified atom stereocenters. The number of aliphatic carboxylic acids is 4. The topological polar surface area (TPSA) is 161 Å². The minimum absolute atomic E-state index is 0. The Kier molecular flexibility index (Phi) is 59.4. The third-order valence-electron chi connectivity index (χ3n) is 0. The molecule has 8 nitrogen and oxygen atoms in total. The number of carbonyl (C=O) groups is 4. The smallest absolute Gasteiger partial charge is 0.550 e. The van der Waals surface area contributed by atoms with Gasteiger partial charge in [0.25, 0.3) is 0 Å². The van der Waals surface area contributed by atoms with Gasteiger partial charge in [-0.25, -0.2) is 0 Å². The van der Waals surface area contributed by atoms with Gasteiger partial charge in [-0.1, -0.05) is 0 Å². The van der Waals surface area contributed by atoms with Crippen molar-refractivity contribution in [3.05, 3.63) is 0 Å². The van der Waals surface area contributed by atoms with Crippen LogP contribution < -0.4 is 20.4 Å². The first-order chi connectivity index (χ1) is 6.93. The van der Waals surface area contributed by atoms with E-state index in [0.717, 1.165) is 27.7 Å². The summed E-state index contributed by atoms with van der Waals surface area (Å²) in [7, 11) is 0. The second-order valence-electron chi connectivity index (χ2n) is 1.97. The van der Waals surface area contributed by atoms with Crippen LogP contribution in [0.3, 0.4) is 0 Å². The molecule has 0 heterocycles. The summed E-state index contributed by atoms with van der Waals surface area (Å²) in [6.45, 7) is 3.89. The predicted molar refractivity (Wildman–Crippen MR) is 42.7 cm³/mol. The Morgan fingerprint density at radius 1 is 0.500 bits per heavy atom. The maximum Gasteiger partial charge on any atom is 2.00 e. The molecule has 0 fully saturated rings. The van der Waals surface area contributed by atoms with E-state index in [2.05, 4.69) is 0 Å². The number of rotatable bonds is 0. The fraction of sp³-hybridized carbons (Fsp3) is 0.500. The minimum Gasteiger partial charge on any atom is -0.550 e. The Morgan fingerprint density at radius 3 is 0.500 bits per heavy atom. The van der Waals surface area contributed by atoms with Crippen molar-refractivity contribution in [1.82, 2.24) is 0 Å². The number of carboxylic acid groups (broad SMARTS) is 4. The van der Waals surface area contributed by atoms with Crippen LogP contribution in [0.4, 0.5) is 0 Å². The molecule has 0 saturated carbocycles. The summed E-state index contributed by atoms with van der Waals surface area (Å²) >= 11 is 0. The largest absolute Gasteiger partial charge is 2.00 e. The summed E-state index contributed by atoms with van der Waals surface area (Å²) < 4.78 is 0. The molecule has 0 atom stereocenters. The van der Waals surface area contributed by atoms with Gasteiger partial charge in [0.1, 0.15) is 0 Å². The van der Waals surface area contributed by atoms with Gasteiger partial charge in [0.15, 0.2) is 0 Å². The Balaban J connectivity index is -0.0000000257. The van der Waals surface area contributed by atoms with E-state index in [1.54, 1.807) is 0 Å². The minimum atomic E-state index is -1.08. The van der Waals surface area contributed by atoms with Crippen LogP contribution in [0.2, 0.25) is 0 Å². The molecule has 0 spiro atoms. The molecule has 0 aromatic rings. The molecule has 0 aliphatic heterocycles. The molecule has 0 saturated heterocycles. The molecule has 0 amide bonds. The third-order valence-corrected chi connectivity index (χ3v) is 0. The second kappa shape index (κ2) is 29.7. The van der Waals surface area contributed by atoms with E-state index in [0.29, 0.717) is 0 Å². The number of carbonyl (C=O) groups excluding carboxylic acids is 4. The van der Waals surface area contributed by atoms with Crippen molar-refractivity contribution in [1.29, 1.82) is 0 Å². The molecular formula is C8H12Fe2O8. The van der Waals surface area contributed by atoms with Crippen LogP contribution in [-0.2, 0) is 53.3 Å². The molecular weight excluding hydrogens is 336 g/mol. The maximum atomic E-state index is 8.89. The number of carboxylic acids is 4. The second-order valence-corrected chi connectivity index (χ2v) is 1.97. The summed E-state index contributed by atoms with van der Waals surface area (Å²) in [5, 5.41) is 35.6. The first-order valence-corrected chi connectivity index (χ1v) is 3.63. The fourth-order valence-corrected chi connectivity index (χ4v) is 0. The van der Waals surface area contributed by atoms with Crippen molar-refractivity contribution in [3.8, 4) is 0 Å². The van der Waals surface area contributed by atoms with Crippen LogP contribution in [0.5, 0.6) is 0 Å². The van der Waals surface area contributed by atoms with Gasteiger partial charge in [-0.3, -0.25) is 0 Å². The Bertz CT molecular complexity index is 165. The van der Waals surface area contributed by atoms with Crippen molar-refractivity contribution in [2.24, 2.45) is 0 Å². The predicted octanol–water partition coefficient (Wildman–Crippen LogP) is -4.98. The first-order valence-electron chi connectivity index (χ1n) is 3.63. The summed E-state index contributed by atoms with van der Waals surface area (Å²) in [5.41, 5.74) is 0. The quantitative estimate of drug-likeness (QED) is 0.393. The van der Waals surface area contributed by atoms with Gasteiger partial charge in [0.05, 0.1) is 0 Å². The van der Waals surface area contributed by atoms with E-state index in [1.165, 1.54) is 0 Å². The van der Waals surface area contributed by atoms with Gasteiger partial charge in [-0.15, -0.1) is 0 Å². The maximum absolute atomic E-state index is 8.89. The molecule has 18 heavy (non-hydrogen) atoms. The van der Waals surface area contributed by atoms with Crippen LogP contribution in [-0.4, -0.2) is 23.9 Å². The Labute approximate surface area is 125 Å². The average Bonchev–Trinajstić information content (AvgIpc) is 1.76. The normalized spacial score (nSPS) is 5.56. The summed E-state index contributed by atoms with van der Waals surface area (Å²) in [5.74, 6) is -4.33. The van der Waals surface area contributed by atoms with E-state index in [1.807, 2.05) is 0 Å². The van der Waals surface area contributed by atoms with Gasteiger partial charge >= 0.3 is 34.1 Å². The van der Waals surface area contributed by atoms with Crippen molar-refractivity contribution < 1.29 is 73.7 Å². The molecule has 0 radical (unpaired) electrons. The third kappa shape index (κ3) is 2470. The van der Waals surface area contributed by atoms with Crippen LogP contribution in [0.25, 0.3) is 0 Å². The van der Waals surface area contributed by atoms with Gasteiger partial charge in [0, 0.05) is 23.9 Å². The molecule has 0 aromatic carbocycles. The fourth-order valence-electron chi connectivity index (χ4n) is 0. The van der Waals surface area contributed by atoms with Crippen molar-refractivity contribution in [3.63, 3.8) is 0 Å². The Morgan fingerprint density at radius 2 is 0.500 bits per heavy atom. The number of hydrogen-bond acceptors (Lipinski definition) is 8. The van der Waals surface area contributed by atoms with Crippen molar-refractivity contribution in [2.45, 2.75) is 27.7 Å². The molecule has 0 aromatic heterocycles. The number of hydrogen-bond donors (Lipinski definition) is 0. The van der Waals surface area contributed by atoms with Crippen LogP contribution in [0.1, 0.15) is 27.7 Å². The zero-order valence-corrected chi connectivity index (χ0v) is 12.2. The van der Waals surface area contributed by atoms with Crippen LogP contribution >= 0.6 is 0 Å². The SMILES string of the molecule is CC(=O)[O-].CC(=O)[O-].CC(=O)[O-].CC(=O)[O-].[Fe+2].[Fe+2]. The molecule has 108 valence electrons. The summed E-state index contributed by atoms with van der Waals surface area (Å²) in [6, 6.07) is 0. The van der Waals surface area contributed by atoms with Gasteiger partial charge in [-0.05, 0) is 27.7 Å². The van der Waals surface area contributed by atoms with Gasteiger partial charge < -0.3 is 39.6 Å². The zero-order chi connectivity index (χ0) is 14.3. The van der Waals surface area contributed by atoms with E-state index in [9.17, 15) is 0 Å². The molecule has 0 rings (SSSR count). The van der Waals surface area contributed by atoms with E-state index in [4.69, 9.17) is 39.6 Å². The molecule has 0 aliphatic carbocycles. The zero-order valence-electron chi connectivity index (χ0n) is 9.97. The van der Waals surface area contributed by atoms with Crippen LogP contribution in [0, 0.1) is 0 Å². The average molecular weight is 348 g/mol. The molecule has 10 heteroatoms. The molecule has 0 aliphatic rings. The van der Waals surface area contributed by atoms with E-state index < -0.39 is 23.9 Å². The monoisotopic (exact) mass is 348 g/mol. The van der Waals surface area contributed by atoms with Gasteiger partial charge in [0.2, 0.25) is 0 Å². The first kappa shape index (κ1) is 36.0. The molecule has 0 N–H and O–H groups in total. The van der Waals surface area contributed by atoms with Crippen molar-refractivity contribution >= 4 is 23.9 Å². The van der Waals surface area contributed by atoms with E-state index >= 15 is 0 Å². The van der Waals surface area contributed by atoms with Crippen LogP contribution in [0.15, 0.2) is 0 Å². The van der Waals surface area contributed by atoms with Gasteiger partial charge in [-0.2, -0.15) is 0 Å². The van der Waals surface area contributed by atoms with Crippen molar-refractivity contribution in [2.75, 3.05) is 0 Å². The standard InChI is InChI=1S/4C2H4O2.2Fe/c4*1-2(3)4;;/h4*1H3,(H,3,4);;/q;;;;2*+2/p-4.